The first-order valence-electron chi connectivity index (χ1n) is 7.02. The van der Waals surface area contributed by atoms with Crippen LogP contribution in [0.15, 0.2) is 36.4 Å². The number of aryl methyl sites for hydroxylation is 1. The fourth-order valence-corrected chi connectivity index (χ4v) is 2.88. The summed E-state index contributed by atoms with van der Waals surface area (Å²) in [4.78, 5) is 12.3. The van der Waals surface area contributed by atoms with E-state index in [9.17, 15) is 13.6 Å². The van der Waals surface area contributed by atoms with Crippen LogP contribution in [0, 0.1) is 18.6 Å². The molecule has 112 valence electrons. The van der Waals surface area contributed by atoms with E-state index in [1.807, 2.05) is 0 Å². The molecule has 0 atom stereocenters. The molecule has 3 aromatic carbocycles. The van der Waals surface area contributed by atoms with E-state index in [2.05, 4.69) is 0 Å². The monoisotopic (exact) mass is 300 g/mol. The van der Waals surface area contributed by atoms with Gasteiger partial charge in [0.1, 0.15) is 11.6 Å². The molecule has 0 heterocycles. The molecule has 0 unspecified atom stereocenters. The molecule has 0 aliphatic heterocycles. The molecular formula is C18H14F2O2. The minimum Gasteiger partial charge on any atom is -0.462 e. The first-order chi connectivity index (χ1) is 10.6. The molecule has 22 heavy (non-hydrogen) atoms. The molecule has 0 spiro atoms. The zero-order valence-electron chi connectivity index (χ0n) is 12.2. The molecule has 3 aromatic rings. The lowest BCUT2D eigenvalue weighted by atomic mass is 9.92. The zero-order chi connectivity index (χ0) is 15.9. The van der Waals surface area contributed by atoms with E-state index >= 15 is 0 Å². The average Bonchev–Trinajstić information content (AvgIpc) is 2.48. The first kappa shape index (κ1) is 14.4. The van der Waals surface area contributed by atoms with Crippen LogP contribution in [-0.4, -0.2) is 12.6 Å². The minimum atomic E-state index is -0.557. The number of esters is 1. The molecule has 2 nitrogen and oxygen atoms in total. The van der Waals surface area contributed by atoms with Crippen molar-refractivity contribution in [1.82, 2.24) is 0 Å². The third-order valence-corrected chi connectivity index (χ3v) is 3.81. The smallest absolute Gasteiger partial charge is 0.339 e. The Bertz CT molecular complexity index is 901. The molecule has 0 radical (unpaired) electrons. The van der Waals surface area contributed by atoms with Gasteiger partial charge in [-0.05, 0) is 36.9 Å². The summed E-state index contributed by atoms with van der Waals surface area (Å²) >= 11 is 0. The Morgan fingerprint density at radius 2 is 1.55 bits per heavy atom. The molecule has 0 fully saturated rings. The van der Waals surface area contributed by atoms with Crippen LogP contribution in [0.1, 0.15) is 22.8 Å². The molecule has 0 aromatic heterocycles. The van der Waals surface area contributed by atoms with Gasteiger partial charge < -0.3 is 4.74 Å². The molecule has 0 bridgehead atoms. The van der Waals surface area contributed by atoms with Gasteiger partial charge in [0.05, 0.1) is 12.2 Å². The van der Waals surface area contributed by atoms with Gasteiger partial charge in [0, 0.05) is 16.2 Å². The average molecular weight is 300 g/mol. The molecule has 0 saturated heterocycles. The third-order valence-electron chi connectivity index (χ3n) is 3.81. The van der Waals surface area contributed by atoms with E-state index in [0.29, 0.717) is 16.3 Å². The summed E-state index contributed by atoms with van der Waals surface area (Å²) in [6.07, 6.45) is 0. The first-order valence-corrected chi connectivity index (χ1v) is 7.02. The van der Waals surface area contributed by atoms with Crippen LogP contribution in [0.25, 0.3) is 21.5 Å². The number of ether oxygens (including phenoxy) is 1. The molecule has 0 amide bonds. The maximum absolute atomic E-state index is 14.3. The summed E-state index contributed by atoms with van der Waals surface area (Å²) in [6, 6.07) is 8.90. The van der Waals surface area contributed by atoms with E-state index in [0.717, 1.165) is 0 Å². The second kappa shape index (κ2) is 5.37. The number of fused-ring (bicyclic) bond motifs is 3. The Hall–Kier alpha value is -2.49. The van der Waals surface area contributed by atoms with Crippen molar-refractivity contribution in [1.29, 1.82) is 0 Å². The fraction of sp³-hybridized carbons (Fsp3) is 0.167. The van der Waals surface area contributed by atoms with E-state index in [-0.39, 0.29) is 22.9 Å². The lowest BCUT2D eigenvalue weighted by molar-refractivity contribution is 0.0528. The van der Waals surface area contributed by atoms with Crippen LogP contribution in [0.4, 0.5) is 8.78 Å². The predicted octanol–water partition coefficient (Wildman–Crippen LogP) is 4.76. The number of carbonyl (C=O) groups excluding carboxylic acids is 1. The van der Waals surface area contributed by atoms with Crippen LogP contribution in [0.5, 0.6) is 0 Å². The quantitative estimate of drug-likeness (QED) is 0.504. The van der Waals surface area contributed by atoms with Gasteiger partial charge in [-0.15, -0.1) is 0 Å². The highest BCUT2D eigenvalue weighted by molar-refractivity contribution is 6.18. The Morgan fingerprint density at radius 3 is 2.14 bits per heavy atom. The van der Waals surface area contributed by atoms with Crippen LogP contribution in [0.2, 0.25) is 0 Å². The van der Waals surface area contributed by atoms with Crippen molar-refractivity contribution in [2.24, 2.45) is 0 Å². The number of benzene rings is 3. The van der Waals surface area contributed by atoms with Crippen molar-refractivity contribution in [2.45, 2.75) is 13.8 Å². The maximum atomic E-state index is 14.3. The highest BCUT2D eigenvalue weighted by Gasteiger charge is 2.21. The molecule has 3 rings (SSSR count). The molecule has 4 heteroatoms. The highest BCUT2D eigenvalue weighted by Crippen LogP contribution is 2.35. The highest BCUT2D eigenvalue weighted by atomic mass is 19.1. The van der Waals surface area contributed by atoms with Gasteiger partial charge in [-0.2, -0.15) is 0 Å². The Labute approximate surface area is 126 Å². The summed E-state index contributed by atoms with van der Waals surface area (Å²) in [7, 11) is 0. The minimum absolute atomic E-state index is 0.115. The molecular weight excluding hydrogens is 286 g/mol. The van der Waals surface area contributed by atoms with Crippen molar-refractivity contribution >= 4 is 27.5 Å². The number of carbonyl (C=O) groups is 1. The van der Waals surface area contributed by atoms with Crippen molar-refractivity contribution in [2.75, 3.05) is 6.61 Å². The van der Waals surface area contributed by atoms with Gasteiger partial charge in [-0.3, -0.25) is 0 Å². The van der Waals surface area contributed by atoms with E-state index in [4.69, 9.17) is 4.74 Å². The van der Waals surface area contributed by atoms with Crippen molar-refractivity contribution in [3.63, 3.8) is 0 Å². The normalized spacial score (nSPS) is 11.1. The maximum Gasteiger partial charge on any atom is 0.339 e. The lowest BCUT2D eigenvalue weighted by Gasteiger charge is -2.14. The topological polar surface area (TPSA) is 26.3 Å². The SMILES string of the molecule is CCOC(=O)c1c(C)c2cccc(F)c2c2c(F)cccc12. The van der Waals surface area contributed by atoms with Crippen LogP contribution >= 0.6 is 0 Å². The Kier molecular flexibility index (Phi) is 3.53. The second-order valence-corrected chi connectivity index (χ2v) is 5.05. The molecule has 0 aliphatic carbocycles. The van der Waals surface area contributed by atoms with E-state index in [1.54, 1.807) is 32.0 Å². The van der Waals surface area contributed by atoms with Crippen LogP contribution in [0.3, 0.4) is 0 Å². The lowest BCUT2D eigenvalue weighted by Crippen LogP contribution is -2.09. The molecule has 0 N–H and O–H groups in total. The second-order valence-electron chi connectivity index (χ2n) is 5.05. The fourth-order valence-electron chi connectivity index (χ4n) is 2.88. The number of halogens is 2. The van der Waals surface area contributed by atoms with Crippen molar-refractivity contribution < 1.29 is 18.3 Å². The summed E-state index contributed by atoms with van der Waals surface area (Å²) in [5.74, 6) is -1.59. The largest absolute Gasteiger partial charge is 0.462 e. The molecule has 0 aliphatic rings. The summed E-state index contributed by atoms with van der Waals surface area (Å²) in [5, 5.41) is 1.19. The predicted molar refractivity (Wildman–Crippen MR) is 82.1 cm³/mol. The standard InChI is InChI=1S/C18H14F2O2/c1-3-22-18(21)15-10(2)11-6-4-8-13(19)16(11)17-12(15)7-5-9-14(17)20/h4-9H,3H2,1-2H3. The van der Waals surface area contributed by atoms with Gasteiger partial charge in [0.25, 0.3) is 0 Å². The Balaban J connectivity index is 2.58. The Morgan fingerprint density at radius 1 is 1.00 bits per heavy atom. The van der Waals surface area contributed by atoms with Crippen LogP contribution < -0.4 is 0 Å². The molecule has 0 saturated carbocycles. The number of rotatable bonds is 2. The van der Waals surface area contributed by atoms with Gasteiger partial charge in [-0.25, -0.2) is 13.6 Å². The summed E-state index contributed by atoms with van der Waals surface area (Å²) in [5.41, 5.74) is 0.875. The summed E-state index contributed by atoms with van der Waals surface area (Å²) < 4.78 is 33.7. The summed E-state index contributed by atoms with van der Waals surface area (Å²) in [6.45, 7) is 3.64. The number of hydrogen-bond acceptors (Lipinski definition) is 2. The zero-order valence-corrected chi connectivity index (χ0v) is 12.2. The van der Waals surface area contributed by atoms with Gasteiger partial charge in [-0.1, -0.05) is 24.3 Å². The van der Waals surface area contributed by atoms with Gasteiger partial charge in [0.2, 0.25) is 0 Å². The van der Waals surface area contributed by atoms with Crippen molar-refractivity contribution in [3.05, 3.63) is 59.2 Å². The van der Waals surface area contributed by atoms with Crippen molar-refractivity contribution in [3.8, 4) is 0 Å². The van der Waals surface area contributed by atoms with Gasteiger partial charge in [0.15, 0.2) is 0 Å². The van der Waals surface area contributed by atoms with Gasteiger partial charge >= 0.3 is 5.97 Å². The van der Waals surface area contributed by atoms with E-state index in [1.165, 1.54) is 18.2 Å². The third kappa shape index (κ3) is 2.03. The number of hydrogen-bond donors (Lipinski definition) is 0. The van der Waals surface area contributed by atoms with Crippen LogP contribution in [-0.2, 0) is 4.74 Å². The van der Waals surface area contributed by atoms with E-state index < -0.39 is 17.6 Å².